The number of aryl methyl sites for hydroxylation is 1. The topological polar surface area (TPSA) is 297 Å². The lowest BCUT2D eigenvalue weighted by molar-refractivity contribution is -0.346. The highest BCUT2D eigenvalue weighted by atomic mass is 19.1. The van der Waals surface area contributed by atoms with Crippen molar-refractivity contribution >= 4 is 51.6 Å². The molecule has 6 N–H and O–H groups in total. The molecule has 4 aromatic carbocycles. The number of methoxy groups -OCH3 is 1. The molecule has 4 fully saturated rings. The molecule has 486 valence electrons. The Hall–Kier alpha value is -8.06. The van der Waals surface area contributed by atoms with E-state index in [1.54, 1.807) is 115 Å². The number of carbonyl (C=O) groups is 5. The Bertz CT molecular complexity index is 3740. The average molecular weight is 1260 g/mol. The average Bonchev–Trinajstić information content (AvgIpc) is 0.956. The molecule has 2 bridgehead atoms. The van der Waals surface area contributed by atoms with E-state index in [-0.39, 0.29) is 41.4 Å². The van der Waals surface area contributed by atoms with Crippen LogP contribution in [0, 0.1) is 29.5 Å². The molecule has 4 heterocycles. The highest BCUT2D eigenvalue weighted by Crippen LogP contribution is 2.64. The van der Waals surface area contributed by atoms with Gasteiger partial charge in [-0.05, 0) is 127 Å². The van der Waals surface area contributed by atoms with Gasteiger partial charge in [-0.1, -0.05) is 62.4 Å². The lowest BCUT2D eigenvalue weighted by Gasteiger charge is -2.67. The normalized spacial score (nSPS) is 26.6. The van der Waals surface area contributed by atoms with E-state index in [0.29, 0.717) is 40.0 Å². The van der Waals surface area contributed by atoms with Gasteiger partial charge in [-0.25, -0.2) is 28.7 Å². The van der Waals surface area contributed by atoms with Crippen molar-refractivity contribution in [3.8, 4) is 23.1 Å². The zero-order valence-electron chi connectivity index (χ0n) is 52.7. The number of likely N-dealkylation sites (tertiary alicyclic amines) is 1. The number of esters is 3. The Labute approximate surface area is 526 Å². The number of aromatic nitrogens is 3. The van der Waals surface area contributed by atoms with Crippen molar-refractivity contribution in [1.82, 2.24) is 25.2 Å². The molecule has 2 aliphatic heterocycles. The number of aliphatic hydroxyl groups excluding tert-OH is 3. The number of hydrogen-bond acceptors (Lipinski definition) is 20. The fourth-order valence-corrected chi connectivity index (χ4v) is 13.9. The third-order valence-corrected chi connectivity index (χ3v) is 18.6. The summed E-state index contributed by atoms with van der Waals surface area (Å²) in [5, 5.41) is 52.7. The van der Waals surface area contributed by atoms with Gasteiger partial charge >= 0.3 is 24.0 Å². The third-order valence-electron chi connectivity index (χ3n) is 18.6. The predicted octanol–water partition coefficient (Wildman–Crippen LogP) is 8.48. The molecule has 0 radical (unpaired) electrons. The summed E-state index contributed by atoms with van der Waals surface area (Å²) >= 11 is 0. The van der Waals surface area contributed by atoms with Crippen LogP contribution in [-0.2, 0) is 38.1 Å². The van der Waals surface area contributed by atoms with Crippen LogP contribution in [0.25, 0.3) is 21.8 Å². The van der Waals surface area contributed by atoms with Crippen LogP contribution in [0.2, 0.25) is 0 Å². The molecule has 2 saturated carbocycles. The number of carbonyl (C=O) groups excluding carboxylic acids is 5. The summed E-state index contributed by atoms with van der Waals surface area (Å²) in [6, 6.07) is 23.4. The lowest BCUT2D eigenvalue weighted by Crippen LogP contribution is -2.81. The maximum atomic E-state index is 15.0. The van der Waals surface area contributed by atoms with Crippen LogP contribution in [0.5, 0.6) is 23.1 Å². The minimum Gasteiger partial charge on any atom is -0.493 e. The number of nitrogens with zero attached hydrogens (tertiary/aromatic N) is 3. The van der Waals surface area contributed by atoms with Gasteiger partial charge in [0.25, 0.3) is 0 Å². The maximum absolute atomic E-state index is 15.0. The van der Waals surface area contributed by atoms with Crippen LogP contribution in [-0.4, -0.2) is 163 Å². The van der Waals surface area contributed by atoms with Crippen LogP contribution in [0.15, 0.2) is 108 Å². The van der Waals surface area contributed by atoms with Crippen molar-refractivity contribution in [3.05, 3.63) is 131 Å². The Morgan fingerprint density at radius 2 is 1.59 bits per heavy atom. The van der Waals surface area contributed by atoms with Gasteiger partial charge in [-0.15, -0.1) is 0 Å². The molecule has 6 aromatic rings. The smallest absolute Gasteiger partial charge is 0.408 e. The first-order valence-electron chi connectivity index (χ1n) is 30.6. The number of H-pyrrole nitrogens is 1. The van der Waals surface area contributed by atoms with Crippen LogP contribution >= 0.6 is 0 Å². The fraction of sp³-hybridized carbons (Fsp3) is 0.485. The zero-order valence-corrected chi connectivity index (χ0v) is 52.7. The molecule has 3 aliphatic carbocycles. The van der Waals surface area contributed by atoms with E-state index in [1.807, 2.05) is 13.0 Å². The number of ether oxygens (including phenoxy) is 8. The molecule has 91 heavy (non-hydrogen) atoms. The summed E-state index contributed by atoms with van der Waals surface area (Å²) in [4.78, 5) is 83.1. The second kappa shape index (κ2) is 25.9. The van der Waals surface area contributed by atoms with E-state index in [9.17, 15) is 44.4 Å². The van der Waals surface area contributed by atoms with Gasteiger partial charge < -0.3 is 73.5 Å². The second-order valence-electron chi connectivity index (χ2n) is 25.9. The van der Waals surface area contributed by atoms with E-state index in [4.69, 9.17) is 37.9 Å². The summed E-state index contributed by atoms with van der Waals surface area (Å²) in [6.07, 6.45) is -6.57. The Morgan fingerprint density at radius 1 is 0.901 bits per heavy atom. The van der Waals surface area contributed by atoms with Crippen LogP contribution in [0.4, 0.5) is 9.18 Å². The first-order valence-corrected chi connectivity index (χ1v) is 30.6. The number of benzene rings is 4. The van der Waals surface area contributed by atoms with E-state index < -0.39 is 118 Å². The quantitative estimate of drug-likeness (QED) is 0.0229. The van der Waals surface area contributed by atoms with Crippen molar-refractivity contribution in [3.63, 3.8) is 0 Å². The maximum Gasteiger partial charge on any atom is 0.408 e. The largest absolute Gasteiger partial charge is 0.493 e. The van der Waals surface area contributed by atoms with Gasteiger partial charge in [0.1, 0.15) is 41.9 Å². The van der Waals surface area contributed by atoms with Crippen molar-refractivity contribution in [2.45, 2.75) is 154 Å². The summed E-state index contributed by atoms with van der Waals surface area (Å²) in [7, 11) is 1.59. The summed E-state index contributed by atoms with van der Waals surface area (Å²) < 4.78 is 62.0. The molecule has 23 heteroatoms. The fourth-order valence-electron chi connectivity index (χ4n) is 13.9. The van der Waals surface area contributed by atoms with Crippen LogP contribution < -0.4 is 19.5 Å². The first-order chi connectivity index (χ1) is 43.1. The van der Waals surface area contributed by atoms with Gasteiger partial charge in [0, 0.05) is 54.4 Å². The monoisotopic (exact) mass is 1260 g/mol. The Kier molecular flexibility index (Phi) is 18.8. The second-order valence-corrected chi connectivity index (χ2v) is 25.9. The number of halogens is 1. The van der Waals surface area contributed by atoms with Crippen LogP contribution in [0.1, 0.15) is 115 Å². The number of alkyl carbamates (subject to hydrolysis) is 1. The van der Waals surface area contributed by atoms with Crippen molar-refractivity contribution in [2.24, 2.45) is 16.7 Å². The molecule has 0 spiro atoms. The standard InChI is InChI=1S/C43H53NO14.C25H27FN4O3/c1-22-26(55-37(51)32(48)30(24-15-11-9-12-16-24)44-38(52)58-39(3,4)5)20-43(53)35(56-36(50)25-17-13-10-14-18-25)33-41(8,34(49)31(47)29(22)40(43,6)7)27(46)19-28-42(33,21-54-28)57-23(2)45;1-16-12-17-19(29-16)6-7-21(24(17)26)33-25-18-13-22(31-2)23(14-20(18)27-15-28-25)32-11-5-10-30-8-3-4-9-30/h9-18,26-28,30-33,35,46-48,53H,19-21H2,1-8H3,(H,44,52);6-7,12-15,29H,3-5,8-11H2,1-2H3/t26-,27-,28+,30-,31+,32+,33-,35-,41+,42-,43+;/m0./s1. The molecule has 11 atom stereocenters. The van der Waals surface area contributed by atoms with Gasteiger partial charge in [0.15, 0.2) is 40.6 Å². The molecule has 22 nitrogen and oxygen atoms in total. The Morgan fingerprint density at radius 3 is 2.24 bits per heavy atom. The van der Waals surface area contributed by atoms with Gasteiger partial charge in [0.2, 0.25) is 5.88 Å². The minimum atomic E-state index is -2.35. The molecule has 2 aromatic heterocycles. The number of aliphatic hydroxyl groups is 4. The summed E-state index contributed by atoms with van der Waals surface area (Å²) in [5.74, 6) is -4.27. The van der Waals surface area contributed by atoms with Gasteiger partial charge in [0.05, 0.1) is 60.3 Å². The van der Waals surface area contributed by atoms with Crippen LogP contribution in [0.3, 0.4) is 0 Å². The predicted molar refractivity (Wildman–Crippen MR) is 329 cm³/mol. The SMILES string of the molecule is CC(=O)O[C@@]12CO[C@@H]1C[C@H](O)[C@@]1(C)C(=O)[C@H](O)C3=C(C)[C@@H](OC(=O)[C@H](O)[C@@H](NC(=O)OC(C)(C)C)c4ccccc4)C[C@@](O)([C@@H](OC(=O)c4ccccc4)[C@H]21)C3(C)C.COc1cc2c(Oc3ccc4[nH]c(C)cc4c3F)ncnc2cc1OCCCN1CCCC1. The molecule has 5 aliphatic rings. The molecule has 11 rings (SSSR count). The highest BCUT2D eigenvalue weighted by molar-refractivity contribution is 5.94. The number of Topliss-reactive ketones (excluding diaryl/α,β-unsaturated/α-hetero) is 1. The summed E-state index contributed by atoms with van der Waals surface area (Å²) in [5.41, 5.74) is -5.90. The van der Waals surface area contributed by atoms with E-state index in [2.05, 4.69) is 25.2 Å². The zero-order chi connectivity index (χ0) is 65.5. The highest BCUT2D eigenvalue weighted by Gasteiger charge is 2.78. The van der Waals surface area contributed by atoms with Gasteiger partial charge in [-0.3, -0.25) is 9.59 Å². The van der Waals surface area contributed by atoms with Crippen molar-refractivity contribution in [2.75, 3.05) is 40.0 Å². The molecular weight excluding hydrogens is 1180 g/mol. The molecule has 1 amide bonds. The number of amides is 1. The van der Waals surface area contributed by atoms with Crippen molar-refractivity contribution in [1.29, 1.82) is 0 Å². The Balaban J connectivity index is 0.000000232. The van der Waals surface area contributed by atoms with E-state index in [0.717, 1.165) is 31.1 Å². The third kappa shape index (κ3) is 12.7. The number of nitrogens with one attached hydrogen (secondary N) is 2. The number of rotatable bonds is 16. The number of fused-ring (bicyclic) bond motifs is 7. The van der Waals surface area contributed by atoms with E-state index >= 15 is 4.39 Å². The number of aromatic amines is 1. The van der Waals surface area contributed by atoms with E-state index in [1.165, 1.54) is 58.2 Å². The van der Waals surface area contributed by atoms with Crippen molar-refractivity contribution < 1.29 is 86.7 Å². The lowest BCUT2D eigenvalue weighted by atomic mass is 9.44. The summed E-state index contributed by atoms with van der Waals surface area (Å²) in [6.45, 7) is 17.7. The molecule has 0 unspecified atom stereocenters. The number of hydrogen-bond donors (Lipinski definition) is 6. The molecular formula is C68H80FN5O17. The number of ketones is 1. The van der Waals surface area contributed by atoms with Gasteiger partial charge in [-0.2, -0.15) is 0 Å². The minimum absolute atomic E-state index is 0.0637. The first kappa shape index (κ1) is 65.9. The molecule has 2 saturated heterocycles.